The van der Waals surface area contributed by atoms with Crippen molar-refractivity contribution in [3.8, 4) is 5.75 Å². The quantitative estimate of drug-likeness (QED) is 0.865. The highest BCUT2D eigenvalue weighted by molar-refractivity contribution is 6.30. The second-order valence-electron chi connectivity index (χ2n) is 7.59. The number of aromatic hydroxyl groups is 1. The molecule has 1 N–H and O–H groups in total. The molecule has 142 valence electrons. The second kappa shape index (κ2) is 7.91. The lowest BCUT2D eigenvalue weighted by molar-refractivity contribution is -0.133. The number of phenolic OH excluding ortho intramolecular Hbond substituents is 1. The summed E-state index contributed by atoms with van der Waals surface area (Å²) in [7, 11) is 0. The van der Waals surface area contributed by atoms with E-state index in [0.717, 1.165) is 49.5 Å². The third-order valence-corrected chi connectivity index (χ3v) is 6.14. The van der Waals surface area contributed by atoms with E-state index in [1.807, 2.05) is 41.3 Å². The third kappa shape index (κ3) is 4.12. The van der Waals surface area contributed by atoms with E-state index < -0.39 is 0 Å². The van der Waals surface area contributed by atoms with Crippen LogP contribution in [0.15, 0.2) is 48.5 Å². The third-order valence-electron chi connectivity index (χ3n) is 5.89. The van der Waals surface area contributed by atoms with Gasteiger partial charge >= 0.3 is 0 Å². The van der Waals surface area contributed by atoms with Gasteiger partial charge in [0.1, 0.15) is 5.75 Å². The van der Waals surface area contributed by atoms with Crippen molar-refractivity contribution in [1.82, 2.24) is 9.80 Å². The predicted octanol–water partition coefficient (Wildman–Crippen LogP) is 4.03. The van der Waals surface area contributed by atoms with Gasteiger partial charge in [-0.3, -0.25) is 9.69 Å². The Labute approximate surface area is 165 Å². The van der Waals surface area contributed by atoms with Crippen LogP contribution in [0.4, 0.5) is 0 Å². The Morgan fingerprint density at radius 3 is 2.26 bits per heavy atom. The Morgan fingerprint density at radius 1 is 0.926 bits per heavy atom. The molecule has 4 rings (SSSR count). The summed E-state index contributed by atoms with van der Waals surface area (Å²) in [6.07, 6.45) is 3.04. The molecule has 0 aliphatic carbocycles. The Hall–Kier alpha value is -2.04. The minimum atomic E-state index is 0.0260. The zero-order valence-corrected chi connectivity index (χ0v) is 16.1. The average Bonchev–Trinajstić information content (AvgIpc) is 3.05. The monoisotopic (exact) mass is 384 g/mol. The first-order valence-electron chi connectivity index (χ1n) is 9.66. The van der Waals surface area contributed by atoms with E-state index in [4.69, 9.17) is 11.6 Å². The number of hydrogen-bond donors (Lipinski definition) is 1. The van der Waals surface area contributed by atoms with Gasteiger partial charge in [0.25, 0.3) is 0 Å². The van der Waals surface area contributed by atoms with Gasteiger partial charge in [0.2, 0.25) is 5.91 Å². The van der Waals surface area contributed by atoms with Crippen LogP contribution in [0, 0.1) is 0 Å². The summed E-state index contributed by atoms with van der Waals surface area (Å²) < 4.78 is 0. The summed E-state index contributed by atoms with van der Waals surface area (Å²) in [6.45, 7) is 3.40. The number of rotatable bonds is 4. The summed E-state index contributed by atoms with van der Waals surface area (Å²) in [5.74, 6) is 1.09. The van der Waals surface area contributed by atoms with Crippen molar-refractivity contribution in [3.05, 3.63) is 64.7 Å². The molecule has 2 saturated heterocycles. The Morgan fingerprint density at radius 2 is 1.59 bits per heavy atom. The number of carbonyl (C=O) groups excluding carboxylic acids is 1. The van der Waals surface area contributed by atoms with E-state index in [2.05, 4.69) is 4.90 Å². The molecule has 0 spiro atoms. The molecule has 27 heavy (non-hydrogen) atoms. The second-order valence-corrected chi connectivity index (χ2v) is 8.03. The van der Waals surface area contributed by atoms with Gasteiger partial charge < -0.3 is 10.0 Å². The van der Waals surface area contributed by atoms with E-state index in [-0.39, 0.29) is 11.9 Å². The number of phenols is 1. The van der Waals surface area contributed by atoms with Gasteiger partial charge in [-0.2, -0.15) is 0 Å². The van der Waals surface area contributed by atoms with Crippen molar-refractivity contribution in [2.75, 3.05) is 19.6 Å². The number of amides is 1. The number of nitrogens with zero attached hydrogens (tertiary/aromatic N) is 2. The molecule has 0 radical (unpaired) electrons. The minimum Gasteiger partial charge on any atom is -0.508 e. The highest BCUT2D eigenvalue weighted by atomic mass is 35.5. The van der Waals surface area contributed by atoms with Gasteiger partial charge in [-0.1, -0.05) is 35.9 Å². The van der Waals surface area contributed by atoms with Crippen molar-refractivity contribution < 1.29 is 9.90 Å². The van der Waals surface area contributed by atoms with Crippen LogP contribution in [-0.4, -0.2) is 46.5 Å². The number of halogens is 1. The van der Waals surface area contributed by atoms with Crippen LogP contribution in [0.3, 0.4) is 0 Å². The van der Waals surface area contributed by atoms with E-state index >= 15 is 0 Å². The maximum atomic E-state index is 12.9. The molecule has 1 atom stereocenters. The number of carbonyl (C=O) groups is 1. The van der Waals surface area contributed by atoms with Crippen LogP contribution in [0.2, 0.25) is 5.02 Å². The molecule has 2 heterocycles. The average molecular weight is 385 g/mol. The Kier molecular flexibility index (Phi) is 5.37. The SMILES string of the molecule is O=C1[C@H](N2CCC(c3ccc(O)cc3)CC2)CCN1Cc1ccc(Cl)cc1. The molecule has 0 saturated carbocycles. The van der Waals surface area contributed by atoms with Gasteiger partial charge in [-0.15, -0.1) is 0 Å². The first-order chi connectivity index (χ1) is 13.1. The smallest absolute Gasteiger partial charge is 0.240 e. The summed E-state index contributed by atoms with van der Waals surface area (Å²) in [5.41, 5.74) is 2.41. The van der Waals surface area contributed by atoms with E-state index in [1.54, 1.807) is 12.1 Å². The van der Waals surface area contributed by atoms with E-state index in [0.29, 0.717) is 18.2 Å². The highest BCUT2D eigenvalue weighted by Crippen LogP contribution is 2.31. The molecule has 1 amide bonds. The fraction of sp³-hybridized carbons (Fsp3) is 0.409. The lowest BCUT2D eigenvalue weighted by atomic mass is 9.89. The lowest BCUT2D eigenvalue weighted by Crippen LogP contribution is -2.45. The number of hydrogen-bond acceptors (Lipinski definition) is 3. The van der Waals surface area contributed by atoms with Crippen molar-refractivity contribution in [2.24, 2.45) is 0 Å². The molecule has 5 heteroatoms. The fourth-order valence-electron chi connectivity index (χ4n) is 4.32. The van der Waals surface area contributed by atoms with Crippen molar-refractivity contribution in [2.45, 2.75) is 37.8 Å². The Bertz CT molecular complexity index is 783. The fourth-order valence-corrected chi connectivity index (χ4v) is 4.45. The number of benzene rings is 2. The van der Waals surface area contributed by atoms with Gasteiger partial charge in [0.05, 0.1) is 6.04 Å². The zero-order chi connectivity index (χ0) is 18.8. The van der Waals surface area contributed by atoms with Crippen molar-refractivity contribution in [1.29, 1.82) is 0 Å². The highest BCUT2D eigenvalue weighted by Gasteiger charge is 2.37. The molecule has 2 aliphatic heterocycles. The lowest BCUT2D eigenvalue weighted by Gasteiger charge is -2.35. The zero-order valence-electron chi connectivity index (χ0n) is 15.4. The maximum Gasteiger partial charge on any atom is 0.240 e. The maximum absolute atomic E-state index is 12.9. The summed E-state index contributed by atoms with van der Waals surface area (Å²) in [4.78, 5) is 17.2. The standard InChI is InChI=1S/C22H25ClN2O2/c23-19-5-1-16(2-6-19)15-25-14-11-21(22(25)27)24-12-9-18(10-13-24)17-3-7-20(26)8-4-17/h1-8,18,21,26H,9-15H2/t21-/m1/s1. The predicted molar refractivity (Wildman–Crippen MR) is 107 cm³/mol. The van der Waals surface area contributed by atoms with Crippen molar-refractivity contribution >= 4 is 17.5 Å². The van der Waals surface area contributed by atoms with Crippen molar-refractivity contribution in [3.63, 3.8) is 0 Å². The first kappa shape index (κ1) is 18.3. The molecular formula is C22H25ClN2O2. The molecule has 0 aromatic heterocycles. The van der Waals surface area contributed by atoms with Gasteiger partial charge in [-0.25, -0.2) is 0 Å². The number of piperidine rings is 1. The first-order valence-corrected chi connectivity index (χ1v) is 10.0. The molecular weight excluding hydrogens is 360 g/mol. The molecule has 2 aliphatic rings. The summed E-state index contributed by atoms with van der Waals surface area (Å²) in [6, 6.07) is 15.3. The Balaban J connectivity index is 1.33. The largest absolute Gasteiger partial charge is 0.508 e. The summed E-state index contributed by atoms with van der Waals surface area (Å²) >= 11 is 5.95. The van der Waals surface area contributed by atoms with Crippen LogP contribution in [-0.2, 0) is 11.3 Å². The summed E-state index contributed by atoms with van der Waals surface area (Å²) in [5, 5.41) is 10.2. The molecule has 0 bridgehead atoms. The molecule has 4 nitrogen and oxygen atoms in total. The topological polar surface area (TPSA) is 43.8 Å². The molecule has 2 fully saturated rings. The van der Waals surface area contributed by atoms with Crippen LogP contribution in [0.25, 0.3) is 0 Å². The van der Waals surface area contributed by atoms with Gasteiger partial charge in [0.15, 0.2) is 0 Å². The van der Waals surface area contributed by atoms with E-state index in [9.17, 15) is 9.90 Å². The van der Waals surface area contributed by atoms with E-state index in [1.165, 1.54) is 5.56 Å². The van der Waals surface area contributed by atoms with Crippen LogP contribution >= 0.6 is 11.6 Å². The van der Waals surface area contributed by atoms with Crippen LogP contribution in [0.1, 0.15) is 36.3 Å². The normalized spacial score (nSPS) is 21.7. The minimum absolute atomic E-state index is 0.0260. The molecule has 2 aromatic carbocycles. The number of likely N-dealkylation sites (tertiary alicyclic amines) is 2. The van der Waals surface area contributed by atoms with Crippen LogP contribution in [0.5, 0.6) is 5.75 Å². The van der Waals surface area contributed by atoms with Gasteiger partial charge in [0, 0.05) is 18.1 Å². The van der Waals surface area contributed by atoms with Crippen LogP contribution < -0.4 is 0 Å². The van der Waals surface area contributed by atoms with Gasteiger partial charge in [-0.05, 0) is 73.7 Å². The molecule has 2 aromatic rings. The molecule has 0 unspecified atom stereocenters.